The molecule has 0 bridgehead atoms. The first-order valence-corrected chi connectivity index (χ1v) is 5.88. The fourth-order valence-corrected chi connectivity index (χ4v) is 1.98. The van der Waals surface area contributed by atoms with Gasteiger partial charge in [0.15, 0.2) is 5.78 Å². The summed E-state index contributed by atoms with van der Waals surface area (Å²) < 4.78 is 0. The molecule has 0 atom stereocenters. The third kappa shape index (κ3) is 3.98. The molecule has 1 N–H and O–H groups in total. The van der Waals surface area contributed by atoms with Crippen LogP contribution in [0.1, 0.15) is 10.4 Å². The molecule has 0 aromatic heterocycles. The standard InChI is InChI=1S/C13H18N2O2.ClH/c1-14-5-7-15(8-6-14)10-13(17)11-3-2-4-12(16)9-11;/h2-4,9,16H,5-8,10H2,1H3;1H. The summed E-state index contributed by atoms with van der Waals surface area (Å²) in [4.78, 5) is 16.4. The number of piperazine rings is 1. The summed E-state index contributed by atoms with van der Waals surface area (Å²) in [5.41, 5.74) is 0.587. The number of aromatic hydroxyl groups is 1. The molecule has 1 saturated heterocycles. The predicted octanol–water partition coefficient (Wildman–Crippen LogP) is 1.24. The van der Waals surface area contributed by atoms with Gasteiger partial charge in [0.05, 0.1) is 6.54 Å². The van der Waals surface area contributed by atoms with Crippen LogP contribution in [-0.4, -0.2) is 60.5 Å². The number of carbonyl (C=O) groups is 1. The van der Waals surface area contributed by atoms with Crippen molar-refractivity contribution in [3.05, 3.63) is 29.8 Å². The van der Waals surface area contributed by atoms with Gasteiger partial charge in [0.2, 0.25) is 0 Å². The first-order chi connectivity index (χ1) is 8.15. The smallest absolute Gasteiger partial charge is 0.176 e. The minimum Gasteiger partial charge on any atom is -0.508 e. The van der Waals surface area contributed by atoms with Gasteiger partial charge < -0.3 is 10.0 Å². The SMILES string of the molecule is CN1CCN(CC(=O)c2cccc(O)c2)CC1.Cl. The number of hydrogen-bond acceptors (Lipinski definition) is 4. The fraction of sp³-hybridized carbons (Fsp3) is 0.462. The monoisotopic (exact) mass is 270 g/mol. The molecule has 0 spiro atoms. The maximum absolute atomic E-state index is 12.0. The van der Waals surface area contributed by atoms with E-state index in [1.165, 1.54) is 6.07 Å². The fourth-order valence-electron chi connectivity index (χ4n) is 1.98. The van der Waals surface area contributed by atoms with Crippen molar-refractivity contribution in [2.24, 2.45) is 0 Å². The molecule has 0 radical (unpaired) electrons. The van der Waals surface area contributed by atoms with Crippen molar-refractivity contribution in [1.29, 1.82) is 0 Å². The van der Waals surface area contributed by atoms with E-state index in [0.717, 1.165) is 26.2 Å². The summed E-state index contributed by atoms with van der Waals surface area (Å²) in [6.07, 6.45) is 0. The Labute approximate surface area is 114 Å². The first kappa shape index (κ1) is 15.0. The lowest BCUT2D eigenvalue weighted by Crippen LogP contribution is -2.46. The van der Waals surface area contributed by atoms with E-state index in [2.05, 4.69) is 16.8 Å². The zero-order valence-corrected chi connectivity index (χ0v) is 11.3. The Morgan fingerprint density at radius 1 is 1.28 bits per heavy atom. The maximum atomic E-state index is 12.0. The summed E-state index contributed by atoms with van der Waals surface area (Å²) in [6.45, 7) is 4.32. The number of nitrogens with zero attached hydrogens (tertiary/aromatic N) is 2. The summed E-state index contributed by atoms with van der Waals surface area (Å²) in [5.74, 6) is 0.222. The first-order valence-electron chi connectivity index (χ1n) is 5.88. The van der Waals surface area contributed by atoms with Gasteiger partial charge in [0.1, 0.15) is 5.75 Å². The van der Waals surface area contributed by atoms with Crippen molar-refractivity contribution in [1.82, 2.24) is 9.80 Å². The van der Waals surface area contributed by atoms with Gasteiger partial charge in [-0.15, -0.1) is 12.4 Å². The summed E-state index contributed by atoms with van der Waals surface area (Å²) in [7, 11) is 2.09. The molecule has 0 unspecified atom stereocenters. The van der Waals surface area contributed by atoms with E-state index in [1.807, 2.05) is 0 Å². The second-order valence-electron chi connectivity index (χ2n) is 4.55. The number of ketones is 1. The number of hydrogen-bond donors (Lipinski definition) is 1. The zero-order chi connectivity index (χ0) is 12.3. The molecule has 0 saturated carbocycles. The number of phenols is 1. The average molecular weight is 271 g/mol. The molecule has 0 aliphatic carbocycles. The molecule has 4 nitrogen and oxygen atoms in total. The molecule has 1 aliphatic rings. The molecule has 0 amide bonds. The largest absolute Gasteiger partial charge is 0.508 e. The van der Waals surface area contributed by atoms with E-state index in [1.54, 1.807) is 18.2 Å². The number of phenolic OH excluding ortho intramolecular Hbond substituents is 1. The normalized spacial score (nSPS) is 17.2. The summed E-state index contributed by atoms with van der Waals surface area (Å²) >= 11 is 0. The predicted molar refractivity (Wildman–Crippen MR) is 73.6 cm³/mol. The van der Waals surface area contributed by atoms with Crippen LogP contribution < -0.4 is 0 Å². The Morgan fingerprint density at radius 2 is 1.94 bits per heavy atom. The van der Waals surface area contributed by atoms with Crippen molar-refractivity contribution in [3.8, 4) is 5.75 Å². The number of rotatable bonds is 3. The van der Waals surface area contributed by atoms with Crippen LogP contribution in [0.2, 0.25) is 0 Å². The topological polar surface area (TPSA) is 43.8 Å². The number of carbonyl (C=O) groups excluding carboxylic acids is 1. The number of halogens is 1. The molecule has 18 heavy (non-hydrogen) atoms. The third-order valence-corrected chi connectivity index (χ3v) is 3.13. The van der Waals surface area contributed by atoms with E-state index in [0.29, 0.717) is 12.1 Å². The van der Waals surface area contributed by atoms with Crippen LogP contribution >= 0.6 is 12.4 Å². The lowest BCUT2D eigenvalue weighted by Gasteiger charge is -2.31. The molecular formula is C13H19ClN2O2. The quantitative estimate of drug-likeness (QED) is 0.840. The lowest BCUT2D eigenvalue weighted by molar-refractivity contribution is 0.0876. The van der Waals surface area contributed by atoms with Crippen molar-refractivity contribution in [3.63, 3.8) is 0 Å². The molecule has 1 heterocycles. The van der Waals surface area contributed by atoms with Crippen molar-refractivity contribution in [2.45, 2.75) is 0 Å². The second-order valence-corrected chi connectivity index (χ2v) is 4.55. The third-order valence-electron chi connectivity index (χ3n) is 3.13. The molecule has 1 fully saturated rings. The van der Waals surface area contributed by atoms with E-state index in [9.17, 15) is 9.90 Å². The Morgan fingerprint density at radius 3 is 2.56 bits per heavy atom. The van der Waals surface area contributed by atoms with E-state index in [-0.39, 0.29) is 23.9 Å². The molecule has 100 valence electrons. The van der Waals surface area contributed by atoms with Gasteiger partial charge in [-0.2, -0.15) is 0 Å². The molecule has 1 aromatic carbocycles. The number of benzene rings is 1. The van der Waals surface area contributed by atoms with Gasteiger partial charge in [0.25, 0.3) is 0 Å². The number of Topliss-reactive ketones (excluding diaryl/α,β-unsaturated/α-hetero) is 1. The lowest BCUT2D eigenvalue weighted by atomic mass is 10.1. The van der Waals surface area contributed by atoms with Gasteiger partial charge >= 0.3 is 0 Å². The van der Waals surface area contributed by atoms with Crippen LogP contribution in [0, 0.1) is 0 Å². The van der Waals surface area contributed by atoms with Gasteiger partial charge in [-0.05, 0) is 19.2 Å². The van der Waals surface area contributed by atoms with Crippen molar-refractivity contribution < 1.29 is 9.90 Å². The highest BCUT2D eigenvalue weighted by Gasteiger charge is 2.17. The highest BCUT2D eigenvalue weighted by atomic mass is 35.5. The molecule has 2 rings (SSSR count). The Kier molecular flexibility index (Phi) is 5.59. The molecule has 1 aromatic rings. The van der Waals surface area contributed by atoms with E-state index in [4.69, 9.17) is 0 Å². The minimum absolute atomic E-state index is 0. The van der Waals surface area contributed by atoms with Crippen LogP contribution in [-0.2, 0) is 0 Å². The number of likely N-dealkylation sites (N-methyl/N-ethyl adjacent to an activating group) is 1. The molecule has 5 heteroatoms. The van der Waals surface area contributed by atoms with Crippen molar-refractivity contribution in [2.75, 3.05) is 39.8 Å². The maximum Gasteiger partial charge on any atom is 0.176 e. The van der Waals surface area contributed by atoms with Gasteiger partial charge in [-0.25, -0.2) is 0 Å². The summed E-state index contributed by atoms with van der Waals surface area (Å²) in [5, 5.41) is 9.33. The highest BCUT2D eigenvalue weighted by molar-refractivity contribution is 5.97. The van der Waals surface area contributed by atoms with Crippen LogP contribution in [0.5, 0.6) is 5.75 Å². The van der Waals surface area contributed by atoms with E-state index < -0.39 is 0 Å². The Balaban J connectivity index is 0.00000162. The zero-order valence-electron chi connectivity index (χ0n) is 10.5. The van der Waals surface area contributed by atoms with Crippen LogP contribution in [0.25, 0.3) is 0 Å². The highest BCUT2D eigenvalue weighted by Crippen LogP contribution is 2.12. The Hall–Kier alpha value is -1.10. The van der Waals surface area contributed by atoms with Crippen LogP contribution in [0.4, 0.5) is 0 Å². The minimum atomic E-state index is 0. The molecular weight excluding hydrogens is 252 g/mol. The second kappa shape index (κ2) is 6.73. The Bertz CT molecular complexity index is 404. The molecule has 1 aliphatic heterocycles. The average Bonchev–Trinajstić information content (AvgIpc) is 2.32. The van der Waals surface area contributed by atoms with Crippen LogP contribution in [0.15, 0.2) is 24.3 Å². The van der Waals surface area contributed by atoms with Crippen molar-refractivity contribution >= 4 is 18.2 Å². The van der Waals surface area contributed by atoms with Gasteiger partial charge in [-0.3, -0.25) is 9.69 Å². The van der Waals surface area contributed by atoms with Crippen LogP contribution in [0.3, 0.4) is 0 Å². The van der Waals surface area contributed by atoms with Gasteiger partial charge in [0, 0.05) is 31.7 Å². The van der Waals surface area contributed by atoms with Gasteiger partial charge in [-0.1, -0.05) is 12.1 Å². The van der Waals surface area contributed by atoms with E-state index >= 15 is 0 Å². The summed E-state index contributed by atoms with van der Waals surface area (Å²) in [6, 6.07) is 6.55.